The third kappa shape index (κ3) is 4.53. The number of ether oxygens (including phenoxy) is 2. The van der Waals surface area contributed by atoms with E-state index in [9.17, 15) is 8.42 Å². The number of fused-ring (bicyclic) bond motifs is 1. The maximum absolute atomic E-state index is 12.6. The summed E-state index contributed by atoms with van der Waals surface area (Å²) < 4.78 is 39.2. The van der Waals surface area contributed by atoms with E-state index in [-0.39, 0.29) is 23.3 Å². The fourth-order valence-electron chi connectivity index (χ4n) is 3.03. The van der Waals surface area contributed by atoms with Crippen molar-refractivity contribution in [1.82, 2.24) is 10.0 Å². The minimum Gasteiger partial charge on any atom is -0.490 e. The van der Waals surface area contributed by atoms with E-state index in [0.717, 1.165) is 32.4 Å². The molecule has 3 rings (SSSR count). The Morgan fingerprint density at radius 1 is 1.21 bits per heavy atom. The normalized spacial score (nSPS) is 22.1. The van der Waals surface area contributed by atoms with E-state index in [2.05, 4.69) is 10.0 Å². The van der Waals surface area contributed by atoms with E-state index >= 15 is 0 Å². The first kappa shape index (κ1) is 19.3. The molecular formula is C16H25ClN2O4S. The smallest absolute Gasteiger partial charge is 0.240 e. The van der Waals surface area contributed by atoms with Crippen LogP contribution in [0.15, 0.2) is 23.1 Å². The highest BCUT2D eigenvalue weighted by Crippen LogP contribution is 2.32. The molecule has 1 aromatic rings. The number of sulfonamides is 1. The quantitative estimate of drug-likeness (QED) is 0.839. The molecule has 2 atom stereocenters. The van der Waals surface area contributed by atoms with Gasteiger partial charge in [0, 0.05) is 18.5 Å². The van der Waals surface area contributed by atoms with Crippen molar-refractivity contribution in [2.45, 2.75) is 37.1 Å². The number of halogens is 1. The second kappa shape index (κ2) is 8.38. The Morgan fingerprint density at radius 3 is 2.67 bits per heavy atom. The molecule has 1 fully saturated rings. The first-order chi connectivity index (χ1) is 11.1. The highest BCUT2D eigenvalue weighted by atomic mass is 35.5. The monoisotopic (exact) mass is 376 g/mol. The fraction of sp³-hybridized carbons (Fsp3) is 0.625. The first-order valence-electron chi connectivity index (χ1n) is 8.19. The van der Waals surface area contributed by atoms with E-state index in [1.807, 2.05) is 6.92 Å². The summed E-state index contributed by atoms with van der Waals surface area (Å²) in [4.78, 5) is 0.220. The molecule has 1 aromatic carbocycles. The van der Waals surface area contributed by atoms with Gasteiger partial charge in [-0.2, -0.15) is 0 Å². The first-order valence-corrected chi connectivity index (χ1v) is 9.67. The van der Waals surface area contributed by atoms with Gasteiger partial charge in [0.15, 0.2) is 11.5 Å². The average Bonchev–Trinajstić information content (AvgIpc) is 2.80. The zero-order valence-electron chi connectivity index (χ0n) is 13.8. The molecule has 1 saturated heterocycles. The van der Waals surface area contributed by atoms with Crippen LogP contribution in [0.2, 0.25) is 0 Å². The van der Waals surface area contributed by atoms with Gasteiger partial charge in [0.2, 0.25) is 10.0 Å². The van der Waals surface area contributed by atoms with Crippen molar-refractivity contribution in [2.75, 3.05) is 26.3 Å². The fourth-order valence-corrected chi connectivity index (χ4v) is 4.35. The van der Waals surface area contributed by atoms with E-state index in [1.165, 1.54) is 0 Å². The Hall–Kier alpha value is -1.02. The largest absolute Gasteiger partial charge is 0.490 e. The van der Waals surface area contributed by atoms with Gasteiger partial charge in [-0.05, 0) is 50.9 Å². The van der Waals surface area contributed by atoms with Crippen LogP contribution in [0.25, 0.3) is 0 Å². The molecule has 8 heteroatoms. The summed E-state index contributed by atoms with van der Waals surface area (Å²) >= 11 is 0. The summed E-state index contributed by atoms with van der Waals surface area (Å²) in [5.74, 6) is 1.42. The Morgan fingerprint density at radius 2 is 1.96 bits per heavy atom. The minimum atomic E-state index is -3.57. The number of nitrogens with one attached hydrogen (secondary N) is 2. The predicted molar refractivity (Wildman–Crippen MR) is 94.7 cm³/mol. The Labute approximate surface area is 149 Å². The maximum atomic E-state index is 12.6. The molecule has 2 heterocycles. The van der Waals surface area contributed by atoms with Gasteiger partial charge >= 0.3 is 0 Å². The lowest BCUT2D eigenvalue weighted by Gasteiger charge is -2.28. The molecule has 0 amide bonds. The lowest BCUT2D eigenvalue weighted by molar-refractivity contribution is 0.296. The van der Waals surface area contributed by atoms with Gasteiger partial charge in [-0.15, -0.1) is 12.4 Å². The summed E-state index contributed by atoms with van der Waals surface area (Å²) in [5.41, 5.74) is 0. The van der Waals surface area contributed by atoms with Crippen LogP contribution in [0, 0.1) is 5.92 Å². The highest BCUT2D eigenvalue weighted by molar-refractivity contribution is 7.89. The number of hydrogen-bond donors (Lipinski definition) is 2. The Kier molecular flexibility index (Phi) is 6.74. The second-order valence-corrected chi connectivity index (χ2v) is 7.89. The summed E-state index contributed by atoms with van der Waals surface area (Å²) in [6.45, 7) is 4.92. The van der Waals surface area contributed by atoms with Crippen LogP contribution < -0.4 is 19.5 Å². The van der Waals surface area contributed by atoms with Gasteiger partial charge in [0.1, 0.15) is 0 Å². The molecule has 136 valence electrons. The van der Waals surface area contributed by atoms with Crippen molar-refractivity contribution in [3.63, 3.8) is 0 Å². The third-order valence-electron chi connectivity index (χ3n) is 4.41. The van der Waals surface area contributed by atoms with Crippen molar-refractivity contribution < 1.29 is 17.9 Å². The molecule has 2 N–H and O–H groups in total. The van der Waals surface area contributed by atoms with Crippen LogP contribution in [-0.4, -0.2) is 40.8 Å². The van der Waals surface area contributed by atoms with E-state index in [4.69, 9.17) is 9.47 Å². The predicted octanol–water partition coefficient (Wildman–Crippen LogP) is 1.94. The molecule has 2 unspecified atom stereocenters. The molecular weight excluding hydrogens is 352 g/mol. The van der Waals surface area contributed by atoms with Crippen LogP contribution in [0.1, 0.15) is 26.2 Å². The van der Waals surface area contributed by atoms with Gasteiger partial charge in [0.05, 0.1) is 18.1 Å². The van der Waals surface area contributed by atoms with Crippen LogP contribution in [0.5, 0.6) is 11.5 Å². The van der Waals surface area contributed by atoms with Gasteiger partial charge < -0.3 is 14.8 Å². The van der Waals surface area contributed by atoms with E-state index in [1.54, 1.807) is 18.2 Å². The molecule has 2 aliphatic rings. The molecule has 6 nitrogen and oxygen atoms in total. The number of benzene rings is 1. The van der Waals surface area contributed by atoms with Crippen LogP contribution in [0.3, 0.4) is 0 Å². The average molecular weight is 377 g/mol. The summed E-state index contributed by atoms with van der Waals surface area (Å²) in [7, 11) is -3.57. The lowest BCUT2D eigenvalue weighted by Crippen LogP contribution is -2.44. The molecule has 2 aliphatic heterocycles. The topological polar surface area (TPSA) is 76.7 Å². The van der Waals surface area contributed by atoms with Gasteiger partial charge in [-0.25, -0.2) is 13.1 Å². The maximum Gasteiger partial charge on any atom is 0.240 e. The molecule has 24 heavy (non-hydrogen) atoms. The molecule has 0 aromatic heterocycles. The van der Waals surface area contributed by atoms with Crippen molar-refractivity contribution >= 4 is 22.4 Å². The summed E-state index contributed by atoms with van der Waals surface area (Å²) in [6.07, 6.45) is 2.92. The Bertz CT molecular complexity index is 647. The zero-order valence-corrected chi connectivity index (χ0v) is 15.4. The zero-order chi connectivity index (χ0) is 16.3. The second-order valence-electron chi connectivity index (χ2n) is 6.18. The van der Waals surface area contributed by atoms with Crippen molar-refractivity contribution in [3.8, 4) is 11.5 Å². The van der Waals surface area contributed by atoms with E-state index < -0.39 is 10.0 Å². The number of piperidine rings is 1. The molecule has 0 spiro atoms. The van der Waals surface area contributed by atoms with Gasteiger partial charge in [-0.1, -0.05) is 0 Å². The lowest BCUT2D eigenvalue weighted by atomic mass is 9.94. The molecule has 0 bridgehead atoms. The van der Waals surface area contributed by atoms with Crippen LogP contribution in [-0.2, 0) is 10.0 Å². The third-order valence-corrected chi connectivity index (χ3v) is 5.97. The summed E-state index contributed by atoms with van der Waals surface area (Å²) in [5, 5.41) is 3.32. The van der Waals surface area contributed by atoms with Crippen molar-refractivity contribution in [2.24, 2.45) is 5.92 Å². The minimum absolute atomic E-state index is 0. The molecule has 0 radical (unpaired) electrons. The van der Waals surface area contributed by atoms with E-state index in [0.29, 0.717) is 30.6 Å². The summed E-state index contributed by atoms with van der Waals surface area (Å²) in [6, 6.07) is 4.68. The standard InChI is InChI=1S/C16H24N2O4S.ClH/c1-12(13-4-2-7-17-11-13)18-23(19,20)14-5-6-15-16(10-14)22-9-3-8-21-15;/h5-6,10,12-13,17-18H,2-4,7-9,11H2,1H3;1H. The molecule has 0 aliphatic carbocycles. The van der Waals surface area contributed by atoms with Gasteiger partial charge in [0.25, 0.3) is 0 Å². The van der Waals surface area contributed by atoms with Crippen LogP contribution >= 0.6 is 12.4 Å². The van der Waals surface area contributed by atoms with Crippen molar-refractivity contribution in [1.29, 1.82) is 0 Å². The van der Waals surface area contributed by atoms with Crippen LogP contribution in [0.4, 0.5) is 0 Å². The number of hydrogen-bond acceptors (Lipinski definition) is 5. The highest BCUT2D eigenvalue weighted by Gasteiger charge is 2.26. The van der Waals surface area contributed by atoms with Gasteiger partial charge in [-0.3, -0.25) is 0 Å². The Balaban J connectivity index is 0.00000208. The molecule has 0 saturated carbocycles. The van der Waals surface area contributed by atoms with Crippen molar-refractivity contribution in [3.05, 3.63) is 18.2 Å². The SMILES string of the molecule is CC(NS(=O)(=O)c1ccc2c(c1)OCCCO2)C1CCCNC1.Cl. The number of rotatable bonds is 4.